The first-order valence-electron chi connectivity index (χ1n) is 8.84. The highest BCUT2D eigenvalue weighted by Crippen LogP contribution is 2.46. The van der Waals surface area contributed by atoms with Crippen LogP contribution in [0.1, 0.15) is 22.9 Å². The van der Waals surface area contributed by atoms with Crippen LogP contribution in [0.2, 0.25) is 5.02 Å². The first-order valence-corrected chi connectivity index (χ1v) is 10.0. The van der Waals surface area contributed by atoms with E-state index < -0.39 is 22.8 Å². The average molecular weight is 442 g/mol. The molecule has 0 bridgehead atoms. The van der Waals surface area contributed by atoms with Crippen molar-refractivity contribution in [3.63, 3.8) is 0 Å². The molecule has 0 spiro atoms. The van der Waals surface area contributed by atoms with E-state index in [1.54, 1.807) is 24.3 Å². The van der Waals surface area contributed by atoms with Crippen molar-refractivity contribution in [2.24, 2.45) is 4.99 Å². The van der Waals surface area contributed by atoms with Crippen LogP contribution < -0.4 is 10.7 Å². The number of nitrogens with zero attached hydrogens (tertiary/aromatic N) is 3. The smallest absolute Gasteiger partial charge is 0.269 e. The van der Waals surface area contributed by atoms with Gasteiger partial charge in [0.1, 0.15) is 12.5 Å². The van der Waals surface area contributed by atoms with E-state index in [4.69, 9.17) is 11.6 Å². The summed E-state index contributed by atoms with van der Waals surface area (Å²) in [7, 11) is 0. The van der Waals surface area contributed by atoms with Crippen LogP contribution in [-0.2, 0) is 9.59 Å². The van der Waals surface area contributed by atoms with E-state index in [0.717, 1.165) is 20.0 Å². The highest BCUT2D eigenvalue weighted by Gasteiger charge is 2.36. The number of anilines is 1. The van der Waals surface area contributed by atoms with Gasteiger partial charge in [-0.2, -0.15) is 5.01 Å². The molecule has 30 heavy (non-hydrogen) atoms. The Morgan fingerprint density at radius 2 is 2.07 bits per heavy atom. The molecule has 0 saturated carbocycles. The molecule has 11 heteroatoms. The number of nitrogens with one attached hydrogen (secondary N) is 2. The lowest BCUT2D eigenvalue weighted by Crippen LogP contribution is -2.46. The summed E-state index contributed by atoms with van der Waals surface area (Å²) in [6.45, 7) is 0. The lowest BCUT2D eigenvalue weighted by molar-refractivity contribution is -0.384. The van der Waals surface area contributed by atoms with Gasteiger partial charge >= 0.3 is 0 Å². The van der Waals surface area contributed by atoms with E-state index >= 15 is 0 Å². The number of nitro groups is 1. The zero-order valence-electron chi connectivity index (χ0n) is 15.1. The molecule has 0 radical (unpaired) electrons. The number of rotatable bonds is 2. The normalized spacial score (nSPS) is 18.1. The standard InChI is InChI=1S/C19H12ClN5O4S/c20-10-4-5-13-12(7-10)17-18(30-13)16(9-2-1-3-11(6-9)25(28)29)21-19(22-17)24-15(27)8-14(26)23-24/h1-7,16H,8H2,(H,21,22)(H,23,26). The molecule has 3 heterocycles. The highest BCUT2D eigenvalue weighted by atomic mass is 35.5. The number of hydrogen-bond acceptors (Lipinski definition) is 7. The number of fused-ring (bicyclic) bond motifs is 3. The first kappa shape index (κ1) is 18.5. The Kier molecular flexibility index (Phi) is 4.19. The van der Waals surface area contributed by atoms with Gasteiger partial charge in [-0.3, -0.25) is 25.1 Å². The van der Waals surface area contributed by atoms with Crippen LogP contribution in [0.15, 0.2) is 47.5 Å². The number of amides is 2. The molecule has 2 aromatic carbocycles. The fourth-order valence-corrected chi connectivity index (χ4v) is 4.88. The molecule has 5 rings (SSSR count). The van der Waals surface area contributed by atoms with Crippen molar-refractivity contribution in [2.45, 2.75) is 12.5 Å². The van der Waals surface area contributed by atoms with Crippen molar-refractivity contribution in [3.05, 3.63) is 68.0 Å². The Hall–Kier alpha value is -3.50. The third-order valence-corrected chi connectivity index (χ3v) is 6.28. The van der Waals surface area contributed by atoms with Crippen LogP contribution in [-0.4, -0.2) is 27.7 Å². The van der Waals surface area contributed by atoms with Gasteiger partial charge in [-0.1, -0.05) is 23.7 Å². The minimum atomic E-state index is -0.599. The molecular formula is C19H12ClN5O4S. The topological polar surface area (TPSA) is 117 Å². The van der Waals surface area contributed by atoms with Gasteiger partial charge in [0.2, 0.25) is 11.9 Å². The zero-order valence-corrected chi connectivity index (χ0v) is 16.7. The molecule has 1 atom stereocenters. The van der Waals surface area contributed by atoms with Gasteiger partial charge in [0.05, 0.1) is 15.5 Å². The molecule has 1 aromatic heterocycles. The largest absolute Gasteiger partial charge is 0.323 e. The molecule has 1 unspecified atom stereocenters. The first-order chi connectivity index (χ1) is 14.4. The summed E-state index contributed by atoms with van der Waals surface area (Å²) in [5.41, 5.74) is 3.72. The molecule has 2 aliphatic rings. The van der Waals surface area contributed by atoms with Crippen molar-refractivity contribution >= 4 is 62.2 Å². The van der Waals surface area contributed by atoms with Gasteiger partial charge in [0, 0.05) is 27.2 Å². The Bertz CT molecular complexity index is 1290. The van der Waals surface area contributed by atoms with Crippen molar-refractivity contribution < 1.29 is 14.5 Å². The second kappa shape index (κ2) is 6.78. The van der Waals surface area contributed by atoms with Crippen LogP contribution in [0, 0.1) is 10.1 Å². The van der Waals surface area contributed by atoms with Crippen LogP contribution in [0.5, 0.6) is 0 Å². The minimum absolute atomic E-state index is 0.0564. The lowest BCUT2D eigenvalue weighted by atomic mass is 10.0. The number of non-ortho nitro benzene ring substituents is 1. The predicted octanol–water partition coefficient (Wildman–Crippen LogP) is 3.60. The van der Waals surface area contributed by atoms with E-state index in [2.05, 4.69) is 15.7 Å². The summed E-state index contributed by atoms with van der Waals surface area (Å²) in [6, 6.07) is 11.1. The Morgan fingerprint density at radius 1 is 1.23 bits per heavy atom. The van der Waals surface area contributed by atoms with Crippen molar-refractivity contribution in [2.75, 3.05) is 5.32 Å². The number of thiophene rings is 1. The number of aliphatic imine (C=N–C) groups is 1. The fourth-order valence-electron chi connectivity index (χ4n) is 3.50. The Balaban J connectivity index is 1.70. The maximum atomic E-state index is 12.3. The number of nitro benzene ring substituents is 1. The SMILES string of the molecule is O=C1CC(=O)N(C2=NC(c3cccc([N+](=O)[O-])c3)c3sc4ccc(Cl)cc4c3N2)N1. The molecule has 3 aromatic rings. The summed E-state index contributed by atoms with van der Waals surface area (Å²) < 4.78 is 0.945. The second-order valence-electron chi connectivity index (χ2n) is 6.76. The third-order valence-electron chi connectivity index (χ3n) is 4.82. The van der Waals surface area contributed by atoms with Crippen LogP contribution in [0.25, 0.3) is 10.1 Å². The highest BCUT2D eigenvalue weighted by molar-refractivity contribution is 7.20. The van der Waals surface area contributed by atoms with E-state index in [1.807, 2.05) is 6.07 Å². The van der Waals surface area contributed by atoms with Gasteiger partial charge in [-0.15, -0.1) is 11.3 Å². The Labute approximate surface area is 178 Å². The summed E-state index contributed by atoms with van der Waals surface area (Å²) in [5, 5.41) is 16.8. The van der Waals surface area contributed by atoms with Crippen LogP contribution >= 0.6 is 22.9 Å². The zero-order chi connectivity index (χ0) is 21.0. The van der Waals surface area contributed by atoms with Crippen molar-refractivity contribution in [1.29, 1.82) is 0 Å². The minimum Gasteiger partial charge on any atom is -0.323 e. The average Bonchev–Trinajstić information content (AvgIpc) is 3.26. The molecule has 0 aliphatic carbocycles. The van der Waals surface area contributed by atoms with Crippen molar-refractivity contribution in [1.82, 2.24) is 10.4 Å². The van der Waals surface area contributed by atoms with Crippen LogP contribution in [0.4, 0.5) is 11.4 Å². The number of hydrogen-bond donors (Lipinski definition) is 2. The molecule has 2 aliphatic heterocycles. The van der Waals surface area contributed by atoms with Gasteiger partial charge in [-0.25, -0.2) is 4.99 Å². The van der Waals surface area contributed by atoms with Gasteiger partial charge in [-0.05, 0) is 23.8 Å². The Morgan fingerprint density at radius 3 is 2.80 bits per heavy atom. The monoisotopic (exact) mass is 441 g/mol. The number of carbonyl (C=O) groups is 2. The van der Waals surface area contributed by atoms with Gasteiger partial charge in [0.25, 0.3) is 11.6 Å². The maximum Gasteiger partial charge on any atom is 0.269 e. The maximum absolute atomic E-state index is 12.3. The molecule has 2 N–H and O–H groups in total. The summed E-state index contributed by atoms with van der Waals surface area (Å²) >= 11 is 7.67. The van der Waals surface area contributed by atoms with E-state index in [9.17, 15) is 19.7 Å². The van der Waals surface area contributed by atoms with Gasteiger partial charge in [0.15, 0.2) is 0 Å². The molecular weight excluding hydrogens is 430 g/mol. The number of halogens is 1. The van der Waals surface area contributed by atoms with Crippen molar-refractivity contribution in [3.8, 4) is 0 Å². The molecule has 150 valence electrons. The van der Waals surface area contributed by atoms with Crippen LogP contribution in [0.3, 0.4) is 0 Å². The van der Waals surface area contributed by atoms with E-state index in [-0.39, 0.29) is 18.1 Å². The molecule has 1 fully saturated rings. The fraction of sp³-hybridized carbons (Fsp3) is 0.105. The number of benzene rings is 2. The quantitative estimate of drug-likeness (QED) is 0.358. The van der Waals surface area contributed by atoms with E-state index in [1.165, 1.54) is 23.5 Å². The molecule has 9 nitrogen and oxygen atoms in total. The molecule has 2 amide bonds. The predicted molar refractivity (Wildman–Crippen MR) is 112 cm³/mol. The summed E-state index contributed by atoms with van der Waals surface area (Å²) in [5.74, 6) is -0.722. The number of hydrazine groups is 1. The third kappa shape index (κ3) is 2.97. The lowest BCUT2D eigenvalue weighted by Gasteiger charge is -2.27. The molecule has 1 saturated heterocycles. The summed E-state index contributed by atoms with van der Waals surface area (Å²) in [4.78, 5) is 40.2. The second-order valence-corrected chi connectivity index (χ2v) is 8.28. The number of guanidine groups is 1. The van der Waals surface area contributed by atoms with E-state index in [0.29, 0.717) is 16.3 Å². The number of carbonyl (C=O) groups excluding carboxylic acids is 2. The van der Waals surface area contributed by atoms with Gasteiger partial charge < -0.3 is 5.32 Å². The summed E-state index contributed by atoms with van der Waals surface area (Å²) in [6.07, 6.45) is -0.273.